The lowest BCUT2D eigenvalue weighted by atomic mass is 10.2. The Kier molecular flexibility index (Phi) is 4.23. The molecule has 0 saturated heterocycles. The molecule has 0 saturated carbocycles. The zero-order valence-electron chi connectivity index (χ0n) is 5.77. The zero-order chi connectivity index (χ0) is 8.10. The van der Waals surface area contributed by atoms with Crippen LogP contribution in [-0.2, 0) is 0 Å². The van der Waals surface area contributed by atoms with Gasteiger partial charge in [0.2, 0.25) is 0 Å². The van der Waals surface area contributed by atoms with E-state index in [1.54, 1.807) is 0 Å². The van der Waals surface area contributed by atoms with Gasteiger partial charge in [-0.2, -0.15) is 0 Å². The molecule has 0 aliphatic carbocycles. The van der Waals surface area contributed by atoms with Crippen molar-refractivity contribution in [1.82, 2.24) is 0 Å². The third-order valence-electron chi connectivity index (χ3n) is 1.12. The van der Waals surface area contributed by atoms with Gasteiger partial charge in [0, 0.05) is 9.13 Å². The van der Waals surface area contributed by atoms with E-state index < -0.39 is 0 Å². The summed E-state index contributed by atoms with van der Waals surface area (Å²) in [4.78, 5) is 0. The summed E-state index contributed by atoms with van der Waals surface area (Å²) in [5.41, 5.74) is 1.11. The van der Waals surface area contributed by atoms with E-state index in [9.17, 15) is 0 Å². The average molecular weight is 368 g/mol. The van der Waals surface area contributed by atoms with Crippen LogP contribution in [0.3, 0.4) is 0 Å². The van der Waals surface area contributed by atoms with E-state index in [0.717, 1.165) is 9.99 Å². The molecular formula is C9H6I2. The molecule has 0 atom stereocenters. The predicted molar refractivity (Wildman–Crippen MR) is 64.9 cm³/mol. The molecule has 1 rings (SSSR count). The highest BCUT2D eigenvalue weighted by Crippen LogP contribution is 2.06. The van der Waals surface area contributed by atoms with Crippen molar-refractivity contribution in [3.05, 3.63) is 33.4 Å². The summed E-state index contributed by atoms with van der Waals surface area (Å²) < 4.78 is 2.13. The Morgan fingerprint density at radius 3 is 2.82 bits per heavy atom. The van der Waals surface area contributed by atoms with Crippen LogP contribution in [0.5, 0.6) is 0 Å². The fraction of sp³-hybridized carbons (Fsp3) is 0.111. The standard InChI is InChI=1S/C9H6I2/c10-6-2-4-8-3-1-5-9(11)7-8/h1,3,5,7H,6H2. The van der Waals surface area contributed by atoms with Crippen LogP contribution < -0.4 is 0 Å². The Hall–Kier alpha value is 0.240. The van der Waals surface area contributed by atoms with Crippen molar-refractivity contribution in [1.29, 1.82) is 0 Å². The molecule has 0 radical (unpaired) electrons. The number of rotatable bonds is 0. The smallest absolute Gasteiger partial charge is 0.0613 e. The summed E-state index contributed by atoms with van der Waals surface area (Å²) in [5.74, 6) is 6.10. The summed E-state index contributed by atoms with van der Waals surface area (Å²) in [6.45, 7) is 0. The number of hydrogen-bond acceptors (Lipinski definition) is 0. The van der Waals surface area contributed by atoms with Crippen LogP contribution in [0.2, 0.25) is 0 Å². The van der Waals surface area contributed by atoms with Gasteiger partial charge in [0.25, 0.3) is 0 Å². The van der Waals surface area contributed by atoms with Crippen molar-refractivity contribution in [2.75, 3.05) is 4.43 Å². The lowest BCUT2D eigenvalue weighted by Crippen LogP contribution is -1.75. The van der Waals surface area contributed by atoms with Crippen LogP contribution in [0.25, 0.3) is 0 Å². The SMILES string of the molecule is ICC#Cc1cccc(I)c1. The highest BCUT2D eigenvalue weighted by molar-refractivity contribution is 14.1. The molecular weight excluding hydrogens is 362 g/mol. The van der Waals surface area contributed by atoms with Crippen LogP contribution in [-0.4, -0.2) is 4.43 Å². The van der Waals surface area contributed by atoms with Gasteiger partial charge in [0.05, 0.1) is 4.43 Å². The molecule has 0 heterocycles. The summed E-state index contributed by atoms with van der Waals surface area (Å²) in [5, 5.41) is 0. The lowest BCUT2D eigenvalue weighted by molar-refractivity contribution is 1.60. The first kappa shape index (κ1) is 9.33. The number of alkyl halides is 1. The molecule has 2 heteroatoms. The molecule has 0 aromatic heterocycles. The van der Waals surface area contributed by atoms with Crippen LogP contribution in [0.4, 0.5) is 0 Å². The highest BCUT2D eigenvalue weighted by atomic mass is 127. The first-order chi connectivity index (χ1) is 5.33. The Balaban J connectivity index is 2.87. The molecule has 11 heavy (non-hydrogen) atoms. The zero-order valence-corrected chi connectivity index (χ0v) is 10.1. The molecule has 0 N–H and O–H groups in total. The molecule has 0 aliphatic rings. The summed E-state index contributed by atoms with van der Waals surface area (Å²) in [6.07, 6.45) is 0. The van der Waals surface area contributed by atoms with Crippen LogP contribution in [0.15, 0.2) is 24.3 Å². The molecule has 0 spiro atoms. The maximum atomic E-state index is 3.07. The number of halogens is 2. The summed E-state index contributed by atoms with van der Waals surface area (Å²) >= 11 is 4.53. The first-order valence-electron chi connectivity index (χ1n) is 3.13. The monoisotopic (exact) mass is 368 g/mol. The normalized spacial score (nSPS) is 8.55. The predicted octanol–water partition coefficient (Wildman–Crippen LogP) is 3.08. The van der Waals surface area contributed by atoms with Gasteiger partial charge in [-0.15, -0.1) is 0 Å². The molecule has 56 valence electrons. The number of hydrogen-bond donors (Lipinski definition) is 0. The maximum absolute atomic E-state index is 3.07. The molecule has 0 bridgehead atoms. The van der Waals surface area contributed by atoms with E-state index in [0.29, 0.717) is 0 Å². The van der Waals surface area contributed by atoms with Gasteiger partial charge in [0.15, 0.2) is 0 Å². The Morgan fingerprint density at radius 2 is 2.18 bits per heavy atom. The Bertz CT molecular complexity index is 294. The average Bonchev–Trinajstić information content (AvgIpc) is 2.01. The van der Waals surface area contributed by atoms with E-state index in [-0.39, 0.29) is 0 Å². The van der Waals surface area contributed by atoms with Crippen LogP contribution in [0, 0.1) is 15.4 Å². The van der Waals surface area contributed by atoms with Crippen molar-refractivity contribution in [3.63, 3.8) is 0 Å². The highest BCUT2D eigenvalue weighted by Gasteiger charge is 1.86. The molecule has 0 nitrogen and oxygen atoms in total. The molecule has 1 aromatic rings. The molecule has 1 aromatic carbocycles. The van der Waals surface area contributed by atoms with Gasteiger partial charge in [0.1, 0.15) is 0 Å². The fourth-order valence-corrected chi connectivity index (χ4v) is 1.44. The van der Waals surface area contributed by atoms with E-state index in [1.807, 2.05) is 12.1 Å². The molecule has 0 aliphatic heterocycles. The van der Waals surface area contributed by atoms with Gasteiger partial charge in [-0.25, -0.2) is 0 Å². The van der Waals surface area contributed by atoms with Crippen molar-refractivity contribution >= 4 is 45.2 Å². The maximum Gasteiger partial charge on any atom is 0.0613 e. The van der Waals surface area contributed by atoms with Crippen molar-refractivity contribution in [2.45, 2.75) is 0 Å². The van der Waals surface area contributed by atoms with E-state index >= 15 is 0 Å². The second-order valence-corrected chi connectivity index (χ2v) is 3.95. The minimum atomic E-state index is 0.892. The van der Waals surface area contributed by atoms with E-state index in [4.69, 9.17) is 0 Å². The second-order valence-electron chi connectivity index (χ2n) is 1.95. The Labute approximate surface area is 94.0 Å². The molecule has 0 fully saturated rings. The third kappa shape index (κ3) is 3.43. The lowest BCUT2D eigenvalue weighted by Gasteiger charge is -1.89. The summed E-state index contributed by atoms with van der Waals surface area (Å²) in [7, 11) is 0. The van der Waals surface area contributed by atoms with Crippen molar-refractivity contribution in [3.8, 4) is 11.8 Å². The minimum absolute atomic E-state index is 0.892. The van der Waals surface area contributed by atoms with Gasteiger partial charge in [-0.1, -0.05) is 40.5 Å². The topological polar surface area (TPSA) is 0 Å². The van der Waals surface area contributed by atoms with Crippen LogP contribution in [0.1, 0.15) is 5.56 Å². The largest absolute Gasteiger partial charge is 0.0872 e. The van der Waals surface area contributed by atoms with E-state index in [2.05, 4.69) is 69.2 Å². The van der Waals surface area contributed by atoms with Crippen molar-refractivity contribution in [2.24, 2.45) is 0 Å². The third-order valence-corrected chi connectivity index (χ3v) is 2.18. The first-order valence-corrected chi connectivity index (χ1v) is 5.74. The molecule has 0 amide bonds. The summed E-state index contributed by atoms with van der Waals surface area (Å²) in [6, 6.07) is 8.20. The van der Waals surface area contributed by atoms with Gasteiger partial charge in [-0.3, -0.25) is 0 Å². The number of benzene rings is 1. The minimum Gasteiger partial charge on any atom is -0.0872 e. The van der Waals surface area contributed by atoms with Gasteiger partial charge >= 0.3 is 0 Å². The van der Waals surface area contributed by atoms with Gasteiger partial charge in [-0.05, 0) is 40.8 Å². The Morgan fingerprint density at radius 1 is 1.36 bits per heavy atom. The molecule has 0 unspecified atom stereocenters. The van der Waals surface area contributed by atoms with E-state index in [1.165, 1.54) is 3.57 Å². The fourth-order valence-electron chi connectivity index (χ4n) is 0.702. The van der Waals surface area contributed by atoms with Crippen molar-refractivity contribution < 1.29 is 0 Å². The quantitative estimate of drug-likeness (QED) is 0.375. The van der Waals surface area contributed by atoms with Gasteiger partial charge < -0.3 is 0 Å². The second kappa shape index (κ2) is 4.99. The van der Waals surface area contributed by atoms with Crippen LogP contribution >= 0.6 is 45.2 Å².